The van der Waals surface area contributed by atoms with Crippen LogP contribution in [0, 0.1) is 28.2 Å². The smallest absolute Gasteiger partial charge is 0.306 e. The predicted octanol–water partition coefficient (Wildman–Crippen LogP) is 28.8. The number of rotatable bonds is 68. The van der Waals surface area contributed by atoms with Gasteiger partial charge in [-0.15, -0.1) is 0 Å². The summed E-state index contributed by atoms with van der Waals surface area (Å²) >= 11 is 18.2. The minimum Gasteiger partial charge on any atom is -0.507 e. The Balaban J connectivity index is 0.00000175. The summed E-state index contributed by atoms with van der Waals surface area (Å²) in [6.07, 6.45) is 56.1. The van der Waals surface area contributed by atoms with E-state index in [0.29, 0.717) is 130 Å². The van der Waals surface area contributed by atoms with Crippen LogP contribution in [0.4, 0.5) is 0 Å². The Hall–Kier alpha value is -8.46. The van der Waals surface area contributed by atoms with Crippen molar-refractivity contribution in [2.24, 2.45) is 0 Å². The number of ketones is 2. The summed E-state index contributed by atoms with van der Waals surface area (Å²) in [4.78, 5) is 119. The number of Topliss-reactive ketones (excluding diaryl/α,β-unsaturated/α-hetero) is 2. The van der Waals surface area contributed by atoms with Crippen LogP contribution >= 0.6 is 34.8 Å². The van der Waals surface area contributed by atoms with Crippen molar-refractivity contribution in [3.63, 3.8) is 0 Å². The quantitative estimate of drug-likeness (QED) is 0.00427. The second kappa shape index (κ2) is 88.3. The molecule has 2 aliphatic rings. The Labute approximate surface area is 898 Å². The van der Waals surface area contributed by atoms with Gasteiger partial charge in [-0.3, -0.25) is 33.6 Å². The largest absolute Gasteiger partial charge is 0.507 e. The number of phenolic OH excluding ortho intramolecular Hbond substituents is 6. The number of esters is 2. The first-order valence-electron chi connectivity index (χ1n) is 53.1. The number of carboxylic acids is 2. The van der Waals surface area contributed by atoms with Crippen LogP contribution in [0.25, 0.3) is 21.5 Å². The molecule has 2 saturated heterocycles. The molecule has 0 bridgehead atoms. The first-order chi connectivity index (χ1) is 69.5. The number of aldehydes is 5. The van der Waals surface area contributed by atoms with Gasteiger partial charge in [0.2, 0.25) is 0 Å². The first-order valence-corrected chi connectivity index (χ1v) is 54.3. The third-order valence-corrected chi connectivity index (χ3v) is 26.7. The van der Waals surface area contributed by atoms with E-state index < -0.39 is 11.9 Å². The summed E-state index contributed by atoms with van der Waals surface area (Å²) in [6.45, 7) is 14.1. The van der Waals surface area contributed by atoms with E-state index in [9.17, 15) is 83.4 Å². The monoisotopic (exact) mass is 2190 g/mol. The van der Waals surface area contributed by atoms with Gasteiger partial charge in [0.15, 0.2) is 31.4 Å². The maximum atomic E-state index is 12.4. The fourth-order valence-electron chi connectivity index (χ4n) is 16.7. The van der Waals surface area contributed by atoms with Crippen molar-refractivity contribution in [1.29, 1.82) is 0 Å². The van der Waals surface area contributed by atoms with Gasteiger partial charge in [-0.2, -0.15) is 0 Å². The number of aliphatic hydroxyl groups is 1. The number of hydrogen-bond donors (Lipinski definition) is 9. The first kappa shape index (κ1) is 138. The Kier molecular flexibility index (Phi) is 83.2. The number of carbonyl (C=O) groups excluding carboxylic acids is 9. The van der Waals surface area contributed by atoms with Crippen LogP contribution in [-0.2, 0) is 113 Å². The van der Waals surface area contributed by atoms with Gasteiger partial charge in [-0.25, -0.2) is 0 Å². The summed E-state index contributed by atoms with van der Waals surface area (Å²) < 4.78 is 32.8. The van der Waals surface area contributed by atoms with Crippen LogP contribution in [0.3, 0.4) is 0 Å². The van der Waals surface area contributed by atoms with Crippen molar-refractivity contribution in [1.82, 2.24) is 0 Å². The molecule has 26 nitrogen and oxygen atoms in total. The van der Waals surface area contributed by atoms with Crippen molar-refractivity contribution < 1.29 is 148 Å². The van der Waals surface area contributed by atoms with E-state index in [1.807, 2.05) is 31.2 Å². The Morgan fingerprint density at radius 2 is 0.658 bits per heavy atom. The summed E-state index contributed by atoms with van der Waals surface area (Å²) in [5.41, 5.74) is 3.63. The molecular formula is C116H174Cl3O26Pd-. The number of ether oxygens (including phenoxy) is 6. The molecule has 0 aromatic heterocycles. The maximum Gasteiger partial charge on any atom is 0.306 e. The molecule has 2 heterocycles. The van der Waals surface area contributed by atoms with Gasteiger partial charge in [0.25, 0.3) is 0 Å². The van der Waals surface area contributed by atoms with Gasteiger partial charge in [0, 0.05) is 127 Å². The minimum atomic E-state index is -0.749. The fraction of sp³-hybridized carbons (Fsp3) is 0.621. The molecule has 8 rings (SSSR count). The number of aliphatic hydroxyl groups excluding tert-OH is 1. The molecule has 0 spiro atoms. The molecule has 146 heavy (non-hydrogen) atoms. The third-order valence-electron chi connectivity index (χ3n) is 25.3. The van der Waals surface area contributed by atoms with Gasteiger partial charge in [-0.1, -0.05) is 250 Å². The van der Waals surface area contributed by atoms with Crippen LogP contribution in [0.2, 0.25) is 15.1 Å². The Bertz CT molecular complexity index is 4590. The average Bonchev–Trinajstić information content (AvgIpc) is 0.763. The van der Waals surface area contributed by atoms with Crippen molar-refractivity contribution >= 4 is 123 Å². The summed E-state index contributed by atoms with van der Waals surface area (Å²) in [6, 6.07) is 18.6. The van der Waals surface area contributed by atoms with Gasteiger partial charge >= 0.3 is 23.9 Å². The molecule has 2 fully saturated rings. The standard InChI is InChI=1S/C33H35ClO5.C20H29ClO5.C18H25ClO5.C13H24O4.C13H24O3.C9H18O2.C9H16O2.CH3.Pd/c1-22-28(20-35)32(37)27(33(38)31(22)34)17-7-5-3-2-4-6-8-18-30(36)39-21-29-25-15-11-9-13-23(25)19-24-14-10-12-16-26(24)29;1-3-26-17(23)12-10-8-6-4-5-7-9-11-15-19(24)16(13-22)14(2)18(21)20(15)25;1-12-14(11-20)17(23)13(18(24)16(12)19)9-7-5-3-2-4-6-8-10-15(21)22;14-12(15)8-4-2-1-3-6-10-16-13-9-5-7-11-17-13;14-10-6-3-1-2-4-7-11-15-13-9-5-8-12-16-13;2*1-9(11)7-5-3-2-4-6-8-10;;/h9-16,19-20,37-38H,2-8,17-18,21H2,1H3;13,24-25H,3-12H2,1-2H3;11,23-24H,2-10H2,1H3,(H,21,22);13H,1-11H2,(H,14,15);10,13H,1-9,11-12H2;10H,2-8H2,1H3;8H,2-7H2,1H3;1H3;/q;;;;;;;-1;. The number of phenols is 6. The van der Waals surface area contributed by atoms with Crippen molar-refractivity contribution in [2.45, 2.75) is 427 Å². The van der Waals surface area contributed by atoms with Crippen LogP contribution in [0.15, 0.2) is 54.6 Å². The van der Waals surface area contributed by atoms with E-state index in [1.54, 1.807) is 34.6 Å². The minimum absolute atomic E-state index is 0. The zero-order chi connectivity index (χ0) is 106. The number of hydrogen-bond acceptors (Lipinski definition) is 24. The van der Waals surface area contributed by atoms with Gasteiger partial charge in [0.1, 0.15) is 65.2 Å². The number of fused-ring (bicyclic) bond motifs is 2. The molecule has 2 aliphatic heterocycles. The molecule has 6 aromatic carbocycles. The Morgan fingerprint density at radius 1 is 0.370 bits per heavy atom. The number of carboxylic acid groups (broad SMARTS) is 2. The van der Waals surface area contributed by atoms with Gasteiger partial charge in [0.05, 0.1) is 38.4 Å². The molecule has 30 heteroatoms. The van der Waals surface area contributed by atoms with E-state index in [4.69, 9.17) is 78.5 Å². The second-order valence-corrected chi connectivity index (χ2v) is 38.4. The van der Waals surface area contributed by atoms with Crippen molar-refractivity contribution in [3.8, 4) is 34.5 Å². The van der Waals surface area contributed by atoms with Crippen molar-refractivity contribution in [2.75, 3.05) is 39.6 Å². The number of halogens is 3. The molecule has 6 aromatic rings. The van der Waals surface area contributed by atoms with E-state index >= 15 is 0 Å². The third kappa shape index (κ3) is 61.0. The summed E-state index contributed by atoms with van der Waals surface area (Å²) in [5.74, 6) is -2.13. The van der Waals surface area contributed by atoms with Crippen LogP contribution in [0.1, 0.15) is 438 Å². The molecule has 9 N–H and O–H groups in total. The SMILES string of the molecule is CC(=O)CCCCCCC=O.CC(=O)CCCCCCCO.CCOC(=O)CCCCCCCCCc1c(O)c(Cl)c(C)c(C=O)c1O.Cc1c(Cl)c(O)c(CCCCCCCCCC(=O)O)c(O)c1C=O.Cc1c(Cl)c(O)c(CCCCCCCCCC(=O)OCc2c3ccccc3cc3ccccc23)c(O)c1C=O.O=C(O)CCCCCCCOC1CCCCO1.O=CCCCCCCCOC1CCCCO1.[CH3-].[Pd]. The zero-order valence-corrected chi connectivity index (χ0v) is 92.2. The molecule has 826 valence electrons. The fourth-order valence-corrected chi connectivity index (χ4v) is 17.4. The number of carbonyl (C=O) groups is 11. The van der Waals surface area contributed by atoms with Crippen molar-refractivity contribution in [3.05, 3.63) is 133 Å². The summed E-state index contributed by atoms with van der Waals surface area (Å²) in [5, 5.41) is 91.4. The number of aliphatic carboxylic acids is 2. The summed E-state index contributed by atoms with van der Waals surface area (Å²) in [7, 11) is 0. The number of aromatic hydroxyl groups is 6. The average molecular weight is 2200 g/mol. The Morgan fingerprint density at radius 3 is 0.952 bits per heavy atom. The van der Waals surface area contributed by atoms with E-state index in [1.165, 1.54) is 38.5 Å². The molecular weight excluding hydrogens is 2020 g/mol. The van der Waals surface area contributed by atoms with E-state index in [-0.39, 0.29) is 143 Å². The zero-order valence-electron chi connectivity index (χ0n) is 88.4. The van der Waals surface area contributed by atoms with Crippen LogP contribution < -0.4 is 0 Å². The topological polar surface area (TPSA) is 425 Å². The molecule has 0 saturated carbocycles. The van der Waals surface area contributed by atoms with Gasteiger partial charge in [-0.05, 0) is 234 Å². The van der Waals surface area contributed by atoms with Crippen LogP contribution in [0.5, 0.6) is 34.5 Å². The molecule has 0 radical (unpaired) electrons. The van der Waals surface area contributed by atoms with E-state index in [0.717, 1.165) is 323 Å². The molecule has 2 unspecified atom stereocenters. The van der Waals surface area contributed by atoms with Gasteiger partial charge < -0.3 is 101 Å². The molecule has 0 amide bonds. The number of unbranched alkanes of at least 4 members (excludes halogenated alkanes) is 35. The predicted molar refractivity (Wildman–Crippen MR) is 577 cm³/mol. The van der Waals surface area contributed by atoms with Crippen LogP contribution in [-0.4, -0.2) is 165 Å². The maximum absolute atomic E-state index is 12.4. The normalized spacial score (nSPS) is 12.8. The number of benzene rings is 6. The molecule has 0 aliphatic carbocycles. The second-order valence-electron chi connectivity index (χ2n) is 37.3. The van der Waals surface area contributed by atoms with E-state index in [2.05, 4.69) is 30.3 Å². The molecule has 2 atom stereocenters.